The number of nitrogens with one attached hydrogen (secondary N) is 1. The topological polar surface area (TPSA) is 76.3 Å². The van der Waals surface area contributed by atoms with E-state index in [9.17, 15) is 0 Å². The monoisotopic (exact) mass is 273 g/mol. The molecule has 6 nitrogen and oxygen atoms in total. The molecule has 2 rings (SSSR count). The minimum Gasteiger partial charge on any atom is -0.497 e. The number of hydrazine groups is 1. The Hall–Kier alpha value is -2.34. The Labute approximate surface area is 118 Å². The minimum atomic E-state index is 0.632. The van der Waals surface area contributed by atoms with E-state index in [1.807, 2.05) is 50.1 Å². The van der Waals surface area contributed by atoms with Gasteiger partial charge in [0.05, 0.1) is 7.11 Å². The van der Waals surface area contributed by atoms with Crippen LogP contribution in [0.25, 0.3) is 0 Å². The lowest BCUT2D eigenvalue weighted by molar-refractivity contribution is 0.415. The van der Waals surface area contributed by atoms with Crippen LogP contribution in [-0.4, -0.2) is 24.1 Å². The van der Waals surface area contributed by atoms with Crippen molar-refractivity contribution in [1.82, 2.24) is 9.97 Å². The third-order valence-corrected chi connectivity index (χ3v) is 3.15. The number of benzene rings is 1. The number of methoxy groups -OCH3 is 1. The molecule has 0 amide bonds. The maximum Gasteiger partial charge on any atom is 0.148 e. The van der Waals surface area contributed by atoms with Gasteiger partial charge >= 0.3 is 0 Å². The second-order valence-corrected chi connectivity index (χ2v) is 4.47. The Balaban J connectivity index is 2.41. The average Bonchev–Trinajstić information content (AvgIpc) is 2.48. The van der Waals surface area contributed by atoms with Crippen molar-refractivity contribution < 1.29 is 4.74 Å². The summed E-state index contributed by atoms with van der Waals surface area (Å²) in [5.41, 5.74) is 4.51. The van der Waals surface area contributed by atoms with E-state index in [4.69, 9.17) is 10.6 Å². The zero-order chi connectivity index (χ0) is 14.7. The summed E-state index contributed by atoms with van der Waals surface area (Å²) in [5.74, 6) is 8.42. The Morgan fingerprint density at radius 1 is 1.15 bits per heavy atom. The van der Waals surface area contributed by atoms with Crippen molar-refractivity contribution in [3.8, 4) is 5.75 Å². The average molecular weight is 273 g/mol. The fourth-order valence-electron chi connectivity index (χ4n) is 2.01. The van der Waals surface area contributed by atoms with Crippen molar-refractivity contribution in [2.45, 2.75) is 13.8 Å². The van der Waals surface area contributed by atoms with Gasteiger partial charge in [-0.15, -0.1) is 0 Å². The summed E-state index contributed by atoms with van der Waals surface area (Å²) >= 11 is 0. The van der Waals surface area contributed by atoms with Crippen molar-refractivity contribution >= 4 is 17.3 Å². The molecule has 0 atom stereocenters. The molecular weight excluding hydrogens is 254 g/mol. The first-order valence-electron chi connectivity index (χ1n) is 6.26. The third-order valence-electron chi connectivity index (χ3n) is 3.15. The zero-order valence-corrected chi connectivity index (χ0v) is 12.1. The van der Waals surface area contributed by atoms with Gasteiger partial charge in [-0.3, -0.25) is 0 Å². The maximum absolute atomic E-state index is 5.49. The molecule has 0 bridgehead atoms. The highest BCUT2D eigenvalue weighted by Crippen LogP contribution is 2.29. The summed E-state index contributed by atoms with van der Waals surface area (Å²) in [4.78, 5) is 10.7. The van der Waals surface area contributed by atoms with Crippen molar-refractivity contribution in [2.75, 3.05) is 24.5 Å². The SMILES string of the molecule is COc1ccc(N(C)c2nc(C)nc(NN)c2C)cc1. The Morgan fingerprint density at radius 2 is 1.80 bits per heavy atom. The molecular formula is C14H19N5O. The standard InChI is InChI=1S/C14H19N5O/c1-9-13(18-15)16-10(2)17-14(9)19(3)11-5-7-12(20-4)8-6-11/h5-8H,15H2,1-4H3,(H,16,17,18). The Morgan fingerprint density at radius 3 is 2.35 bits per heavy atom. The normalized spacial score (nSPS) is 10.2. The van der Waals surface area contributed by atoms with Gasteiger partial charge in [0.2, 0.25) is 0 Å². The molecule has 0 aliphatic carbocycles. The van der Waals surface area contributed by atoms with Crippen LogP contribution in [0.5, 0.6) is 5.75 Å². The number of nitrogens with zero attached hydrogens (tertiary/aromatic N) is 3. The molecule has 0 spiro atoms. The number of aryl methyl sites for hydroxylation is 1. The number of hydrogen-bond acceptors (Lipinski definition) is 6. The molecule has 0 saturated carbocycles. The molecule has 2 aromatic rings. The predicted octanol–water partition coefficient (Wildman–Crippen LogP) is 2.16. The molecule has 0 aliphatic rings. The Bertz CT molecular complexity index is 597. The van der Waals surface area contributed by atoms with Gasteiger partial charge in [-0.05, 0) is 38.1 Å². The van der Waals surface area contributed by atoms with Crippen molar-refractivity contribution in [3.63, 3.8) is 0 Å². The fraction of sp³-hybridized carbons (Fsp3) is 0.286. The molecule has 20 heavy (non-hydrogen) atoms. The van der Waals surface area contributed by atoms with Crippen molar-refractivity contribution in [1.29, 1.82) is 0 Å². The lowest BCUT2D eigenvalue weighted by Gasteiger charge is -2.22. The number of aromatic nitrogens is 2. The van der Waals surface area contributed by atoms with E-state index in [-0.39, 0.29) is 0 Å². The summed E-state index contributed by atoms with van der Waals surface area (Å²) in [6.07, 6.45) is 0. The molecule has 106 valence electrons. The highest BCUT2D eigenvalue weighted by atomic mass is 16.5. The largest absolute Gasteiger partial charge is 0.497 e. The number of nitrogens with two attached hydrogens (primary N) is 1. The second-order valence-electron chi connectivity index (χ2n) is 4.47. The smallest absolute Gasteiger partial charge is 0.148 e. The molecule has 0 unspecified atom stereocenters. The van der Waals surface area contributed by atoms with Gasteiger partial charge in [0.1, 0.15) is 23.2 Å². The lowest BCUT2D eigenvalue weighted by atomic mass is 10.2. The lowest BCUT2D eigenvalue weighted by Crippen LogP contribution is -2.18. The number of nitrogen functional groups attached to an aromatic ring is 1. The van der Waals surface area contributed by atoms with Crippen LogP contribution in [0.15, 0.2) is 24.3 Å². The molecule has 0 radical (unpaired) electrons. The van der Waals surface area contributed by atoms with Gasteiger partial charge in [0.15, 0.2) is 0 Å². The molecule has 0 fully saturated rings. The van der Waals surface area contributed by atoms with Gasteiger partial charge in [-0.25, -0.2) is 15.8 Å². The third kappa shape index (κ3) is 2.65. The Kier molecular flexibility index (Phi) is 4.05. The van der Waals surface area contributed by atoms with Gasteiger partial charge in [-0.2, -0.15) is 0 Å². The molecule has 1 heterocycles. The molecule has 0 aliphatic heterocycles. The van der Waals surface area contributed by atoms with Gasteiger partial charge in [0.25, 0.3) is 0 Å². The van der Waals surface area contributed by atoms with E-state index in [2.05, 4.69) is 15.4 Å². The summed E-state index contributed by atoms with van der Waals surface area (Å²) < 4.78 is 5.16. The first kappa shape index (κ1) is 14.1. The first-order chi connectivity index (χ1) is 9.56. The van der Waals surface area contributed by atoms with Gasteiger partial charge < -0.3 is 15.1 Å². The van der Waals surface area contributed by atoms with Crippen molar-refractivity contribution in [3.05, 3.63) is 35.7 Å². The molecule has 1 aromatic heterocycles. The molecule has 1 aromatic carbocycles. The highest BCUT2D eigenvalue weighted by Gasteiger charge is 2.13. The van der Waals surface area contributed by atoms with Crippen LogP contribution >= 0.6 is 0 Å². The van der Waals surface area contributed by atoms with Crippen LogP contribution in [0.1, 0.15) is 11.4 Å². The maximum atomic E-state index is 5.49. The van der Waals surface area contributed by atoms with E-state index < -0.39 is 0 Å². The summed E-state index contributed by atoms with van der Waals surface area (Å²) in [5, 5.41) is 0. The van der Waals surface area contributed by atoms with Gasteiger partial charge in [0, 0.05) is 18.3 Å². The molecule has 0 saturated heterocycles. The second kappa shape index (κ2) is 5.75. The van der Waals surface area contributed by atoms with Crippen LogP contribution in [0, 0.1) is 13.8 Å². The molecule has 6 heteroatoms. The van der Waals surface area contributed by atoms with E-state index >= 15 is 0 Å². The van der Waals surface area contributed by atoms with Crippen molar-refractivity contribution in [2.24, 2.45) is 5.84 Å². The van der Waals surface area contributed by atoms with E-state index in [1.54, 1.807) is 7.11 Å². The summed E-state index contributed by atoms with van der Waals surface area (Å²) in [6.45, 7) is 3.77. The first-order valence-corrected chi connectivity index (χ1v) is 6.26. The van der Waals surface area contributed by atoms with Crippen LogP contribution in [-0.2, 0) is 0 Å². The van der Waals surface area contributed by atoms with E-state index in [1.165, 1.54) is 0 Å². The number of ether oxygens (including phenoxy) is 1. The minimum absolute atomic E-state index is 0.632. The van der Waals surface area contributed by atoms with Crippen LogP contribution < -0.4 is 20.9 Å². The molecule has 3 N–H and O–H groups in total. The fourth-order valence-corrected chi connectivity index (χ4v) is 2.01. The number of rotatable bonds is 4. The predicted molar refractivity (Wildman–Crippen MR) is 80.4 cm³/mol. The van der Waals surface area contributed by atoms with Crippen LogP contribution in [0.2, 0.25) is 0 Å². The van der Waals surface area contributed by atoms with E-state index in [0.717, 1.165) is 22.8 Å². The zero-order valence-electron chi connectivity index (χ0n) is 12.1. The van der Waals surface area contributed by atoms with E-state index in [0.29, 0.717) is 11.6 Å². The number of hydrogen-bond donors (Lipinski definition) is 2. The summed E-state index contributed by atoms with van der Waals surface area (Å²) in [7, 11) is 3.60. The summed E-state index contributed by atoms with van der Waals surface area (Å²) in [6, 6.07) is 7.78. The number of anilines is 3. The highest BCUT2D eigenvalue weighted by molar-refractivity contribution is 5.67. The van der Waals surface area contributed by atoms with Crippen LogP contribution in [0.3, 0.4) is 0 Å². The van der Waals surface area contributed by atoms with Gasteiger partial charge in [-0.1, -0.05) is 0 Å². The van der Waals surface area contributed by atoms with Crippen LogP contribution in [0.4, 0.5) is 17.3 Å². The quantitative estimate of drug-likeness (QED) is 0.656.